The van der Waals surface area contributed by atoms with E-state index in [-0.39, 0.29) is 6.03 Å². The van der Waals surface area contributed by atoms with Crippen molar-refractivity contribution in [1.82, 2.24) is 36.1 Å². The van der Waals surface area contributed by atoms with Crippen LogP contribution in [0.15, 0.2) is 48.5 Å². The lowest BCUT2D eigenvalue weighted by molar-refractivity contribution is 0.251. The third-order valence-corrected chi connectivity index (χ3v) is 6.09. The summed E-state index contributed by atoms with van der Waals surface area (Å²) >= 11 is 0. The summed E-state index contributed by atoms with van der Waals surface area (Å²) in [5.74, 6) is 0.732. The summed E-state index contributed by atoms with van der Waals surface area (Å²) in [6.45, 7) is 9.54. The van der Waals surface area contributed by atoms with Gasteiger partial charge in [-0.2, -0.15) is 0 Å². The molecule has 0 atom stereocenters. The van der Waals surface area contributed by atoms with Gasteiger partial charge in [-0.3, -0.25) is 4.90 Å². The predicted octanol–water partition coefficient (Wildman–Crippen LogP) is 2.25. The number of fused-ring (bicyclic) bond motifs is 1. The second-order valence-electron chi connectivity index (χ2n) is 8.94. The lowest BCUT2D eigenvalue weighted by Gasteiger charge is -2.23. The summed E-state index contributed by atoms with van der Waals surface area (Å²) in [6.07, 6.45) is 2.28. The average Bonchev–Trinajstić information content (AvgIpc) is 3.29. The highest BCUT2D eigenvalue weighted by Crippen LogP contribution is 2.13. The number of nitrogens with zero attached hydrogens (tertiary/aromatic N) is 2. The summed E-state index contributed by atoms with van der Waals surface area (Å²) in [6, 6.07) is 15.7. The highest BCUT2D eigenvalue weighted by molar-refractivity contribution is 5.89. The Labute approximate surface area is 207 Å². The quantitative estimate of drug-likeness (QED) is 0.336. The second kappa shape index (κ2) is 13.8. The van der Waals surface area contributed by atoms with E-state index < -0.39 is 0 Å². The van der Waals surface area contributed by atoms with Gasteiger partial charge in [0.05, 0.1) is 17.6 Å². The van der Waals surface area contributed by atoms with Crippen LogP contribution in [0.1, 0.15) is 24.2 Å². The molecule has 4 rings (SSSR count). The highest BCUT2D eigenvalue weighted by atomic mass is 16.2. The third kappa shape index (κ3) is 8.63. The number of urea groups is 1. The van der Waals surface area contributed by atoms with Crippen LogP contribution in [0, 0.1) is 0 Å². The molecule has 1 aromatic heterocycles. The minimum absolute atomic E-state index is 0.248. The normalized spacial score (nSPS) is 17.0. The van der Waals surface area contributed by atoms with Gasteiger partial charge in [0.1, 0.15) is 5.82 Å². The van der Waals surface area contributed by atoms with Gasteiger partial charge in [0.25, 0.3) is 0 Å². The number of aromatic amines is 1. The summed E-state index contributed by atoms with van der Waals surface area (Å²) in [5, 5.41) is 16.3. The maximum absolute atomic E-state index is 12.3. The summed E-state index contributed by atoms with van der Waals surface area (Å²) in [7, 11) is 0. The van der Waals surface area contributed by atoms with Crippen LogP contribution in [0.3, 0.4) is 0 Å². The van der Waals surface area contributed by atoms with E-state index >= 15 is 0 Å². The minimum Gasteiger partial charge on any atom is -0.340 e. The number of imidazole rings is 1. The number of hydrogen-bond donors (Lipinski definition) is 6. The number of rotatable bonds is 5. The van der Waals surface area contributed by atoms with Crippen molar-refractivity contribution in [2.45, 2.75) is 25.9 Å². The molecule has 2 heterocycles. The number of amides is 2. The molecule has 1 aliphatic rings. The molecule has 6 N–H and O–H groups in total. The Morgan fingerprint density at radius 2 is 1.60 bits per heavy atom. The van der Waals surface area contributed by atoms with E-state index in [0.717, 1.165) is 94.3 Å². The average molecular weight is 479 g/mol. The van der Waals surface area contributed by atoms with E-state index in [1.165, 1.54) is 5.56 Å². The van der Waals surface area contributed by atoms with Gasteiger partial charge in [0.15, 0.2) is 0 Å². The molecule has 0 spiro atoms. The fraction of sp³-hybridized carbons (Fsp3) is 0.462. The van der Waals surface area contributed by atoms with Gasteiger partial charge in [-0.05, 0) is 68.8 Å². The minimum atomic E-state index is -0.248. The standard InChI is InChI=1S/C26H38N8O/c35-26(30-19-25-32-23-5-1-2-6-24(23)33-25)31-22-9-7-21(8-10-22)20-34-17-4-13-28-15-14-27-11-3-12-29-16-18-34/h1-2,5-10,27-29H,3-4,11-20H2,(H,32,33)(H2,30,31,35). The first-order valence-corrected chi connectivity index (χ1v) is 12.7. The van der Waals surface area contributed by atoms with E-state index in [1.807, 2.05) is 36.4 Å². The molecule has 1 fully saturated rings. The molecule has 0 unspecified atom stereocenters. The van der Waals surface area contributed by atoms with Crippen molar-refractivity contribution in [2.75, 3.05) is 57.7 Å². The van der Waals surface area contributed by atoms with Crippen LogP contribution in [-0.4, -0.2) is 73.3 Å². The van der Waals surface area contributed by atoms with Crippen molar-refractivity contribution in [2.24, 2.45) is 0 Å². The molecule has 1 aliphatic heterocycles. The summed E-state index contributed by atoms with van der Waals surface area (Å²) < 4.78 is 0. The fourth-order valence-electron chi connectivity index (χ4n) is 4.21. The first kappa shape index (κ1) is 25.1. The molecule has 188 valence electrons. The number of para-hydroxylation sites is 2. The van der Waals surface area contributed by atoms with Crippen molar-refractivity contribution >= 4 is 22.8 Å². The van der Waals surface area contributed by atoms with Crippen LogP contribution in [-0.2, 0) is 13.1 Å². The molecule has 0 bridgehead atoms. The van der Waals surface area contributed by atoms with E-state index in [2.05, 4.69) is 53.6 Å². The number of anilines is 1. The Bertz CT molecular complexity index is 988. The number of hydrogen-bond acceptors (Lipinski definition) is 6. The Kier molecular flexibility index (Phi) is 9.90. The molecule has 9 nitrogen and oxygen atoms in total. The zero-order chi connectivity index (χ0) is 24.1. The van der Waals surface area contributed by atoms with Crippen molar-refractivity contribution in [3.05, 3.63) is 59.9 Å². The molecule has 9 heteroatoms. The Hall–Kier alpha value is -2.98. The van der Waals surface area contributed by atoms with Gasteiger partial charge in [-0.1, -0.05) is 24.3 Å². The zero-order valence-electron chi connectivity index (χ0n) is 20.4. The van der Waals surface area contributed by atoms with Crippen LogP contribution in [0.2, 0.25) is 0 Å². The van der Waals surface area contributed by atoms with Crippen LogP contribution in [0.4, 0.5) is 10.5 Å². The molecule has 3 aromatic rings. The van der Waals surface area contributed by atoms with Crippen molar-refractivity contribution in [3.63, 3.8) is 0 Å². The Morgan fingerprint density at radius 3 is 2.40 bits per heavy atom. The monoisotopic (exact) mass is 478 g/mol. The van der Waals surface area contributed by atoms with Crippen LogP contribution >= 0.6 is 0 Å². The number of aromatic nitrogens is 2. The Morgan fingerprint density at radius 1 is 0.857 bits per heavy atom. The third-order valence-electron chi connectivity index (χ3n) is 6.09. The van der Waals surface area contributed by atoms with Crippen LogP contribution < -0.4 is 26.6 Å². The molecule has 35 heavy (non-hydrogen) atoms. The van der Waals surface area contributed by atoms with Gasteiger partial charge in [-0.15, -0.1) is 0 Å². The molecule has 0 radical (unpaired) electrons. The lowest BCUT2D eigenvalue weighted by atomic mass is 10.2. The van der Waals surface area contributed by atoms with Gasteiger partial charge >= 0.3 is 6.03 Å². The van der Waals surface area contributed by atoms with E-state index in [1.54, 1.807) is 0 Å². The van der Waals surface area contributed by atoms with Gasteiger partial charge in [0.2, 0.25) is 0 Å². The van der Waals surface area contributed by atoms with Gasteiger partial charge < -0.3 is 31.6 Å². The number of H-pyrrole nitrogens is 1. The van der Waals surface area contributed by atoms with Crippen molar-refractivity contribution in [3.8, 4) is 0 Å². The maximum Gasteiger partial charge on any atom is 0.319 e. The topological polar surface area (TPSA) is 109 Å². The maximum atomic E-state index is 12.3. The SMILES string of the molecule is O=C(NCc1nc2ccccc2[nH]1)Nc1ccc(CN2CCCNCCNCCCNCC2)cc1. The van der Waals surface area contributed by atoms with Crippen molar-refractivity contribution in [1.29, 1.82) is 0 Å². The number of benzene rings is 2. The fourth-order valence-corrected chi connectivity index (χ4v) is 4.21. The van der Waals surface area contributed by atoms with Crippen LogP contribution in [0.25, 0.3) is 11.0 Å². The van der Waals surface area contributed by atoms with E-state index in [0.29, 0.717) is 6.54 Å². The van der Waals surface area contributed by atoms with Crippen molar-refractivity contribution < 1.29 is 4.79 Å². The molecule has 0 aliphatic carbocycles. The van der Waals surface area contributed by atoms with E-state index in [4.69, 9.17) is 0 Å². The molecular formula is C26H38N8O. The predicted molar refractivity (Wildman–Crippen MR) is 142 cm³/mol. The summed E-state index contributed by atoms with van der Waals surface area (Å²) in [5.41, 5.74) is 3.88. The highest BCUT2D eigenvalue weighted by Gasteiger charge is 2.08. The smallest absolute Gasteiger partial charge is 0.319 e. The van der Waals surface area contributed by atoms with Gasteiger partial charge in [0, 0.05) is 38.4 Å². The number of carbonyl (C=O) groups excluding carboxylic acids is 1. The van der Waals surface area contributed by atoms with E-state index in [9.17, 15) is 4.79 Å². The number of nitrogens with one attached hydrogen (secondary N) is 6. The number of carbonyl (C=O) groups is 1. The molecule has 2 amide bonds. The van der Waals surface area contributed by atoms with Gasteiger partial charge in [-0.25, -0.2) is 9.78 Å². The molecular weight excluding hydrogens is 440 g/mol. The first-order chi connectivity index (χ1) is 17.3. The first-order valence-electron chi connectivity index (χ1n) is 12.7. The molecule has 1 saturated heterocycles. The summed E-state index contributed by atoms with van der Waals surface area (Å²) in [4.78, 5) is 22.6. The molecule has 2 aromatic carbocycles. The van der Waals surface area contributed by atoms with Crippen LogP contribution in [0.5, 0.6) is 0 Å². The zero-order valence-corrected chi connectivity index (χ0v) is 20.4. The Balaban J connectivity index is 1.23. The second-order valence-corrected chi connectivity index (χ2v) is 8.94. The largest absolute Gasteiger partial charge is 0.340 e. The lowest BCUT2D eigenvalue weighted by Crippen LogP contribution is -2.36. The molecule has 0 saturated carbocycles.